The molecule has 1 aromatic heterocycles. The zero-order chi connectivity index (χ0) is 16.8. The molecule has 0 aliphatic carbocycles. The molecule has 0 aliphatic heterocycles. The number of nitrogens with zero attached hydrogens (tertiary/aromatic N) is 2. The van der Waals surface area contributed by atoms with Crippen LogP contribution >= 0.6 is 11.8 Å². The summed E-state index contributed by atoms with van der Waals surface area (Å²) in [6.45, 7) is 3.82. The Morgan fingerprint density at radius 3 is 2.48 bits per heavy atom. The van der Waals surface area contributed by atoms with Gasteiger partial charge in [0.2, 0.25) is 5.91 Å². The van der Waals surface area contributed by atoms with E-state index in [1.54, 1.807) is 24.3 Å². The number of amides is 2. The molecule has 0 aliphatic rings. The van der Waals surface area contributed by atoms with Crippen molar-refractivity contribution in [2.75, 3.05) is 11.1 Å². The smallest absolute Gasteiger partial charge is 0.250 e. The maximum absolute atomic E-state index is 12.0. The number of nitrogens with two attached hydrogens (primary N) is 1. The second-order valence-electron chi connectivity index (χ2n) is 4.99. The third-order valence-corrected chi connectivity index (χ3v) is 3.84. The van der Waals surface area contributed by atoms with E-state index in [1.807, 2.05) is 19.9 Å². The first kappa shape index (κ1) is 17.0. The summed E-state index contributed by atoms with van der Waals surface area (Å²) in [6, 6.07) is 8.56. The van der Waals surface area contributed by atoms with Crippen LogP contribution in [0.4, 0.5) is 5.69 Å². The highest BCUT2D eigenvalue weighted by Crippen LogP contribution is 2.17. The van der Waals surface area contributed by atoms with Gasteiger partial charge in [0.25, 0.3) is 5.91 Å². The van der Waals surface area contributed by atoms with E-state index in [-0.39, 0.29) is 12.3 Å². The number of para-hydroxylation sites is 1. The van der Waals surface area contributed by atoms with Crippen LogP contribution in [0.3, 0.4) is 0 Å². The van der Waals surface area contributed by atoms with Gasteiger partial charge in [-0.25, -0.2) is 9.97 Å². The fraction of sp³-hybridized carbons (Fsp3) is 0.250. The number of anilines is 1. The van der Waals surface area contributed by atoms with E-state index >= 15 is 0 Å². The molecular formula is C16H18N4O2S. The van der Waals surface area contributed by atoms with Crippen molar-refractivity contribution < 1.29 is 9.59 Å². The van der Waals surface area contributed by atoms with Crippen LogP contribution in [-0.2, 0) is 4.79 Å². The van der Waals surface area contributed by atoms with Crippen molar-refractivity contribution >= 4 is 29.3 Å². The zero-order valence-electron chi connectivity index (χ0n) is 13.0. The topological polar surface area (TPSA) is 98.0 Å². The normalized spacial score (nSPS) is 10.3. The Morgan fingerprint density at radius 1 is 1.17 bits per heavy atom. The van der Waals surface area contributed by atoms with E-state index in [1.165, 1.54) is 11.8 Å². The van der Waals surface area contributed by atoms with Gasteiger partial charge in [-0.1, -0.05) is 23.9 Å². The number of carbonyl (C=O) groups excluding carboxylic acids is 2. The first-order valence-electron chi connectivity index (χ1n) is 7.09. The largest absolute Gasteiger partial charge is 0.366 e. The van der Waals surface area contributed by atoms with Crippen molar-refractivity contribution in [3.05, 3.63) is 47.3 Å². The Hall–Kier alpha value is -2.41. The molecule has 0 radical (unpaired) electrons. The number of thioether (sulfide) groups is 1. The molecule has 1 heterocycles. The van der Waals surface area contributed by atoms with Crippen molar-refractivity contribution in [1.29, 1.82) is 0 Å². The lowest BCUT2D eigenvalue weighted by Crippen LogP contribution is -2.18. The van der Waals surface area contributed by atoms with Gasteiger partial charge in [-0.05, 0) is 32.0 Å². The average Bonchev–Trinajstić information content (AvgIpc) is 2.46. The zero-order valence-corrected chi connectivity index (χ0v) is 13.8. The minimum Gasteiger partial charge on any atom is -0.366 e. The van der Waals surface area contributed by atoms with Crippen LogP contribution in [0.1, 0.15) is 28.2 Å². The van der Waals surface area contributed by atoms with Gasteiger partial charge in [-0.15, -0.1) is 0 Å². The van der Waals surface area contributed by atoms with Crippen LogP contribution in [0.15, 0.2) is 35.5 Å². The Bertz CT molecular complexity index is 714. The number of nitrogens with one attached hydrogen (secondary N) is 1. The molecular weight excluding hydrogens is 312 g/mol. The van der Waals surface area contributed by atoms with Gasteiger partial charge in [0.1, 0.15) is 0 Å². The second-order valence-corrected chi connectivity index (χ2v) is 6.05. The molecule has 0 saturated carbocycles. The maximum atomic E-state index is 12.0. The predicted octanol–water partition coefficient (Wildman–Crippen LogP) is 2.31. The van der Waals surface area contributed by atoms with E-state index in [9.17, 15) is 9.59 Å². The van der Waals surface area contributed by atoms with Gasteiger partial charge in [-0.3, -0.25) is 9.59 Å². The van der Waals surface area contributed by atoms with Crippen LogP contribution in [0.2, 0.25) is 0 Å². The quantitative estimate of drug-likeness (QED) is 0.625. The molecule has 7 heteroatoms. The molecule has 2 aromatic rings. The van der Waals surface area contributed by atoms with Gasteiger partial charge in [0.15, 0.2) is 5.16 Å². The number of benzene rings is 1. The summed E-state index contributed by atoms with van der Waals surface area (Å²) in [4.78, 5) is 31.9. The standard InChI is InChI=1S/C16H18N4O2S/c1-10-9-11(2)19-16(18-10)23-8-7-14(21)20-13-6-4-3-5-12(13)15(17)22/h3-6,9H,7-8H2,1-2H3,(H2,17,22)(H,20,21). The lowest BCUT2D eigenvalue weighted by Gasteiger charge is -2.08. The van der Waals surface area contributed by atoms with E-state index in [0.29, 0.717) is 22.2 Å². The lowest BCUT2D eigenvalue weighted by molar-refractivity contribution is -0.115. The molecule has 3 N–H and O–H groups in total. The summed E-state index contributed by atoms with van der Waals surface area (Å²) in [7, 11) is 0. The van der Waals surface area contributed by atoms with Crippen molar-refractivity contribution in [1.82, 2.24) is 9.97 Å². The molecule has 0 fully saturated rings. The summed E-state index contributed by atoms with van der Waals surface area (Å²) >= 11 is 1.42. The molecule has 120 valence electrons. The predicted molar refractivity (Wildman–Crippen MR) is 90.4 cm³/mol. The van der Waals surface area contributed by atoms with E-state index in [0.717, 1.165) is 11.4 Å². The van der Waals surface area contributed by atoms with Gasteiger partial charge in [0, 0.05) is 23.6 Å². The molecule has 23 heavy (non-hydrogen) atoms. The second kappa shape index (κ2) is 7.73. The molecule has 1 aromatic carbocycles. The van der Waals surface area contributed by atoms with Crippen LogP contribution in [0.5, 0.6) is 0 Å². The van der Waals surface area contributed by atoms with Gasteiger partial charge in [0.05, 0.1) is 11.3 Å². The number of carbonyl (C=O) groups is 2. The van der Waals surface area contributed by atoms with Gasteiger partial charge >= 0.3 is 0 Å². The Labute approximate surface area is 138 Å². The van der Waals surface area contributed by atoms with E-state index in [2.05, 4.69) is 15.3 Å². The number of aromatic nitrogens is 2. The van der Waals surface area contributed by atoms with Crippen molar-refractivity contribution in [2.24, 2.45) is 5.73 Å². The molecule has 0 saturated heterocycles. The number of primary amides is 1. The highest BCUT2D eigenvalue weighted by molar-refractivity contribution is 7.99. The fourth-order valence-electron chi connectivity index (χ4n) is 2.01. The lowest BCUT2D eigenvalue weighted by atomic mass is 10.1. The molecule has 2 rings (SSSR count). The molecule has 0 atom stereocenters. The third-order valence-electron chi connectivity index (χ3n) is 2.99. The molecule has 0 unspecified atom stereocenters. The summed E-state index contributed by atoms with van der Waals surface area (Å²) < 4.78 is 0. The third kappa shape index (κ3) is 5.07. The number of aryl methyl sites for hydroxylation is 2. The monoisotopic (exact) mass is 330 g/mol. The molecule has 0 spiro atoms. The number of hydrogen-bond acceptors (Lipinski definition) is 5. The minimum absolute atomic E-state index is 0.185. The van der Waals surface area contributed by atoms with Crippen LogP contribution in [0.25, 0.3) is 0 Å². The highest BCUT2D eigenvalue weighted by Gasteiger charge is 2.10. The minimum atomic E-state index is -0.570. The number of hydrogen-bond donors (Lipinski definition) is 2. The summed E-state index contributed by atoms with van der Waals surface area (Å²) in [5.74, 6) is -0.206. The SMILES string of the molecule is Cc1cc(C)nc(SCCC(=O)Nc2ccccc2C(N)=O)n1. The van der Waals surface area contributed by atoms with Gasteiger partial charge in [-0.2, -0.15) is 0 Å². The maximum Gasteiger partial charge on any atom is 0.250 e. The van der Waals surface area contributed by atoms with E-state index < -0.39 is 5.91 Å². The summed E-state index contributed by atoms with van der Waals surface area (Å²) in [6.07, 6.45) is 0.286. The Morgan fingerprint density at radius 2 is 1.83 bits per heavy atom. The Balaban J connectivity index is 1.89. The average molecular weight is 330 g/mol. The fourth-order valence-corrected chi connectivity index (χ4v) is 2.90. The van der Waals surface area contributed by atoms with Crippen molar-refractivity contribution in [3.63, 3.8) is 0 Å². The summed E-state index contributed by atoms with van der Waals surface area (Å²) in [5.41, 5.74) is 7.81. The van der Waals surface area contributed by atoms with Crippen LogP contribution < -0.4 is 11.1 Å². The van der Waals surface area contributed by atoms with E-state index in [4.69, 9.17) is 5.73 Å². The van der Waals surface area contributed by atoms with Gasteiger partial charge < -0.3 is 11.1 Å². The van der Waals surface area contributed by atoms with Crippen LogP contribution in [0, 0.1) is 13.8 Å². The molecule has 2 amide bonds. The summed E-state index contributed by atoms with van der Waals surface area (Å²) in [5, 5.41) is 3.37. The first-order valence-corrected chi connectivity index (χ1v) is 8.08. The number of rotatable bonds is 6. The first-order chi connectivity index (χ1) is 11.0. The van der Waals surface area contributed by atoms with Crippen molar-refractivity contribution in [3.8, 4) is 0 Å². The van der Waals surface area contributed by atoms with Crippen LogP contribution in [-0.4, -0.2) is 27.5 Å². The van der Waals surface area contributed by atoms with Crippen molar-refractivity contribution in [2.45, 2.75) is 25.4 Å². The molecule has 6 nitrogen and oxygen atoms in total. The Kier molecular flexibility index (Phi) is 5.70. The highest BCUT2D eigenvalue weighted by atomic mass is 32.2. The molecule has 0 bridgehead atoms.